The average Bonchev–Trinajstić information content (AvgIpc) is 2.14. The zero-order valence-electron chi connectivity index (χ0n) is 8.25. The summed E-state index contributed by atoms with van der Waals surface area (Å²) >= 11 is 3.25. The zero-order chi connectivity index (χ0) is 10.7. The predicted octanol–water partition coefficient (Wildman–Crippen LogP) is 2.51. The van der Waals surface area contributed by atoms with Crippen molar-refractivity contribution in [2.75, 3.05) is 0 Å². The Labute approximate surface area is 92.1 Å². The van der Waals surface area contributed by atoms with Crippen LogP contribution in [0.4, 0.5) is 0 Å². The molecule has 1 aromatic carbocycles. The monoisotopic (exact) mass is 256 g/mol. The summed E-state index contributed by atoms with van der Waals surface area (Å²) in [5.41, 5.74) is 2.77. The van der Waals surface area contributed by atoms with Crippen LogP contribution in [0.5, 0.6) is 5.75 Å². The number of alkyl halides is 1. The second kappa shape index (κ2) is 4.60. The van der Waals surface area contributed by atoms with E-state index in [1.54, 1.807) is 0 Å². The molecule has 0 aliphatic heterocycles. The van der Waals surface area contributed by atoms with Gasteiger partial charge in [0.25, 0.3) is 0 Å². The van der Waals surface area contributed by atoms with Gasteiger partial charge in [-0.1, -0.05) is 28.1 Å². The molecule has 0 amide bonds. The van der Waals surface area contributed by atoms with E-state index in [-0.39, 0.29) is 4.83 Å². The maximum atomic E-state index is 10.4. The molecule has 76 valence electrons. The van der Waals surface area contributed by atoms with Gasteiger partial charge in [-0.15, -0.1) is 0 Å². The largest absolute Gasteiger partial charge is 0.507 e. The zero-order valence-corrected chi connectivity index (χ0v) is 9.84. The number of aryl methyl sites for hydroxylation is 2. The van der Waals surface area contributed by atoms with Gasteiger partial charge in [0.05, 0.1) is 4.83 Å². The fraction of sp³-hybridized carbons (Fsp3) is 0.364. The number of halogens is 1. The van der Waals surface area contributed by atoms with Crippen LogP contribution in [0.1, 0.15) is 16.7 Å². The first-order valence-electron chi connectivity index (χ1n) is 4.43. The summed E-state index contributed by atoms with van der Waals surface area (Å²) in [5.74, 6) is 0.339. The molecule has 3 heteroatoms. The minimum atomic E-state index is -0.147. The molecule has 14 heavy (non-hydrogen) atoms. The van der Waals surface area contributed by atoms with E-state index in [1.165, 1.54) is 0 Å². The predicted molar refractivity (Wildman–Crippen MR) is 60.1 cm³/mol. The fourth-order valence-electron chi connectivity index (χ4n) is 1.44. The third kappa shape index (κ3) is 2.58. The Hall–Kier alpha value is -0.830. The smallest absolute Gasteiger partial charge is 0.133 e. The lowest BCUT2D eigenvalue weighted by Gasteiger charge is -2.08. The summed E-state index contributed by atoms with van der Waals surface area (Å²) in [6, 6.07) is 3.81. The number of carbonyl (C=O) groups is 1. The standard InChI is InChI=1S/C11H13BrO2/c1-7-3-9(5-10(12)6-13)4-8(2)11(7)14/h3-4,6,10,14H,5H2,1-2H3. The van der Waals surface area contributed by atoms with Crippen LogP contribution < -0.4 is 0 Å². The van der Waals surface area contributed by atoms with Gasteiger partial charge < -0.3 is 9.90 Å². The molecule has 1 N–H and O–H groups in total. The van der Waals surface area contributed by atoms with Gasteiger partial charge in [0, 0.05) is 0 Å². The molecule has 0 bridgehead atoms. The molecule has 0 saturated heterocycles. The maximum absolute atomic E-state index is 10.4. The highest BCUT2D eigenvalue weighted by molar-refractivity contribution is 9.09. The fourth-order valence-corrected chi connectivity index (χ4v) is 1.81. The molecule has 0 aliphatic carbocycles. The van der Waals surface area contributed by atoms with Gasteiger partial charge in [-0.2, -0.15) is 0 Å². The molecule has 0 aromatic heterocycles. The van der Waals surface area contributed by atoms with Gasteiger partial charge >= 0.3 is 0 Å². The lowest BCUT2D eigenvalue weighted by molar-refractivity contribution is -0.107. The molecule has 0 aliphatic rings. The van der Waals surface area contributed by atoms with Crippen LogP contribution >= 0.6 is 15.9 Å². The van der Waals surface area contributed by atoms with Gasteiger partial charge in [0.1, 0.15) is 12.0 Å². The number of benzene rings is 1. The highest BCUT2D eigenvalue weighted by atomic mass is 79.9. The molecule has 0 spiro atoms. The number of rotatable bonds is 3. The number of phenols is 1. The minimum absolute atomic E-state index is 0.147. The van der Waals surface area contributed by atoms with Crippen molar-refractivity contribution < 1.29 is 9.90 Å². The van der Waals surface area contributed by atoms with Crippen molar-refractivity contribution in [1.82, 2.24) is 0 Å². The number of hydrogen-bond donors (Lipinski definition) is 1. The summed E-state index contributed by atoms with van der Waals surface area (Å²) in [7, 11) is 0. The summed E-state index contributed by atoms with van der Waals surface area (Å²) in [5, 5.41) is 9.54. The summed E-state index contributed by atoms with van der Waals surface area (Å²) in [6.45, 7) is 3.71. The Morgan fingerprint density at radius 1 is 1.43 bits per heavy atom. The molecule has 1 unspecified atom stereocenters. The second-order valence-electron chi connectivity index (χ2n) is 3.43. The topological polar surface area (TPSA) is 37.3 Å². The first-order valence-corrected chi connectivity index (χ1v) is 5.34. The first kappa shape index (κ1) is 11.2. The Morgan fingerprint density at radius 2 is 1.93 bits per heavy atom. The van der Waals surface area contributed by atoms with Crippen LogP contribution in [0.3, 0.4) is 0 Å². The van der Waals surface area contributed by atoms with Crippen molar-refractivity contribution >= 4 is 22.2 Å². The number of carbonyl (C=O) groups excluding carboxylic acids is 1. The van der Waals surface area contributed by atoms with Gasteiger partial charge in [0.2, 0.25) is 0 Å². The summed E-state index contributed by atoms with van der Waals surface area (Å²) in [6.07, 6.45) is 1.53. The van der Waals surface area contributed by atoms with Gasteiger partial charge in [-0.25, -0.2) is 0 Å². The van der Waals surface area contributed by atoms with E-state index in [2.05, 4.69) is 15.9 Å². The molecule has 1 aromatic rings. The third-order valence-corrected chi connectivity index (χ3v) is 2.67. The molecule has 0 heterocycles. The number of aldehydes is 1. The molecule has 2 nitrogen and oxygen atoms in total. The average molecular weight is 257 g/mol. The Kier molecular flexibility index (Phi) is 3.69. The van der Waals surface area contributed by atoms with Crippen molar-refractivity contribution in [2.45, 2.75) is 25.1 Å². The molecule has 1 rings (SSSR count). The van der Waals surface area contributed by atoms with Crippen LogP contribution in [0.15, 0.2) is 12.1 Å². The van der Waals surface area contributed by atoms with E-state index >= 15 is 0 Å². The van der Waals surface area contributed by atoms with E-state index in [0.717, 1.165) is 23.0 Å². The SMILES string of the molecule is Cc1cc(CC(Br)C=O)cc(C)c1O. The quantitative estimate of drug-likeness (QED) is 0.667. The lowest BCUT2D eigenvalue weighted by Crippen LogP contribution is -2.04. The molecule has 1 atom stereocenters. The normalized spacial score (nSPS) is 12.5. The van der Waals surface area contributed by atoms with Crippen LogP contribution in [0, 0.1) is 13.8 Å². The lowest BCUT2D eigenvalue weighted by atomic mass is 10.0. The van der Waals surface area contributed by atoms with Gasteiger partial charge in [0.15, 0.2) is 0 Å². The highest BCUT2D eigenvalue weighted by Crippen LogP contribution is 2.24. The van der Waals surface area contributed by atoms with Crippen LogP contribution in [-0.2, 0) is 11.2 Å². The van der Waals surface area contributed by atoms with Crippen molar-refractivity contribution in [3.63, 3.8) is 0 Å². The van der Waals surface area contributed by atoms with E-state index in [1.807, 2.05) is 26.0 Å². The third-order valence-electron chi connectivity index (χ3n) is 2.13. The number of aromatic hydroxyl groups is 1. The van der Waals surface area contributed by atoms with E-state index < -0.39 is 0 Å². The van der Waals surface area contributed by atoms with Crippen molar-refractivity contribution in [2.24, 2.45) is 0 Å². The van der Waals surface area contributed by atoms with Crippen molar-refractivity contribution in [3.8, 4) is 5.75 Å². The molecular weight excluding hydrogens is 244 g/mol. The molecule has 0 fully saturated rings. The first-order chi connectivity index (χ1) is 6.54. The van der Waals surface area contributed by atoms with Crippen LogP contribution in [-0.4, -0.2) is 16.2 Å². The summed E-state index contributed by atoms with van der Waals surface area (Å²) < 4.78 is 0. The Morgan fingerprint density at radius 3 is 2.36 bits per heavy atom. The van der Waals surface area contributed by atoms with Crippen molar-refractivity contribution in [3.05, 3.63) is 28.8 Å². The highest BCUT2D eigenvalue weighted by Gasteiger charge is 2.07. The van der Waals surface area contributed by atoms with Crippen molar-refractivity contribution in [1.29, 1.82) is 0 Å². The molecule has 0 radical (unpaired) electrons. The molecular formula is C11H13BrO2. The minimum Gasteiger partial charge on any atom is -0.507 e. The molecule has 0 saturated carbocycles. The Balaban J connectivity index is 2.95. The van der Waals surface area contributed by atoms with Gasteiger partial charge in [-0.3, -0.25) is 0 Å². The Bertz CT molecular complexity index is 324. The van der Waals surface area contributed by atoms with E-state index in [9.17, 15) is 9.90 Å². The summed E-state index contributed by atoms with van der Waals surface area (Å²) in [4.78, 5) is 10.3. The van der Waals surface area contributed by atoms with Crippen LogP contribution in [0.25, 0.3) is 0 Å². The van der Waals surface area contributed by atoms with E-state index in [4.69, 9.17) is 0 Å². The number of phenolic OH excluding ortho intramolecular Hbond substituents is 1. The van der Waals surface area contributed by atoms with Gasteiger partial charge in [-0.05, 0) is 37.0 Å². The maximum Gasteiger partial charge on any atom is 0.133 e. The second-order valence-corrected chi connectivity index (χ2v) is 4.61. The number of hydrogen-bond acceptors (Lipinski definition) is 2. The van der Waals surface area contributed by atoms with E-state index in [0.29, 0.717) is 12.2 Å². The van der Waals surface area contributed by atoms with Crippen LogP contribution in [0.2, 0.25) is 0 Å².